The standard InChI is InChI=1S/C16H14N4O2/c1-17-15(21)11-5-7-12(8-6-11)18-16(22)13-10-20-9-3-2-4-14(20)19-13/h2-10H,1H3,(H,17,21)(H,18,22). The first-order valence-electron chi connectivity index (χ1n) is 6.74. The van der Waals surface area contributed by atoms with E-state index in [1.165, 1.54) is 0 Å². The second-order valence-electron chi connectivity index (χ2n) is 4.70. The van der Waals surface area contributed by atoms with Crippen LogP contribution in [-0.4, -0.2) is 28.2 Å². The third-order valence-electron chi connectivity index (χ3n) is 3.23. The molecule has 6 nitrogen and oxygen atoms in total. The van der Waals surface area contributed by atoms with Crippen LogP contribution in [0.1, 0.15) is 20.8 Å². The number of carbonyl (C=O) groups is 2. The lowest BCUT2D eigenvalue weighted by atomic mass is 10.2. The van der Waals surface area contributed by atoms with E-state index < -0.39 is 0 Å². The van der Waals surface area contributed by atoms with Crippen molar-refractivity contribution in [2.75, 3.05) is 12.4 Å². The van der Waals surface area contributed by atoms with Crippen molar-refractivity contribution in [1.82, 2.24) is 14.7 Å². The highest BCUT2D eigenvalue weighted by atomic mass is 16.2. The SMILES string of the molecule is CNC(=O)c1ccc(NC(=O)c2cn3ccccc3n2)cc1. The van der Waals surface area contributed by atoms with Crippen LogP contribution in [-0.2, 0) is 0 Å². The number of hydrogen-bond donors (Lipinski definition) is 2. The van der Waals surface area contributed by atoms with E-state index in [4.69, 9.17) is 0 Å². The fourth-order valence-electron chi connectivity index (χ4n) is 2.09. The van der Waals surface area contributed by atoms with Crippen molar-refractivity contribution in [2.24, 2.45) is 0 Å². The van der Waals surface area contributed by atoms with Crippen molar-refractivity contribution >= 4 is 23.1 Å². The summed E-state index contributed by atoms with van der Waals surface area (Å²) in [5.74, 6) is -0.463. The number of rotatable bonds is 3. The Labute approximate surface area is 126 Å². The van der Waals surface area contributed by atoms with E-state index in [2.05, 4.69) is 15.6 Å². The largest absolute Gasteiger partial charge is 0.355 e. The topological polar surface area (TPSA) is 75.5 Å². The minimum absolute atomic E-state index is 0.168. The third kappa shape index (κ3) is 2.67. The van der Waals surface area contributed by atoms with Crippen LogP contribution in [0.25, 0.3) is 5.65 Å². The van der Waals surface area contributed by atoms with Crippen LogP contribution >= 0.6 is 0 Å². The first kappa shape index (κ1) is 13.8. The van der Waals surface area contributed by atoms with E-state index in [0.29, 0.717) is 22.6 Å². The molecule has 1 aromatic carbocycles. The van der Waals surface area contributed by atoms with Gasteiger partial charge in [0.05, 0.1) is 0 Å². The molecule has 22 heavy (non-hydrogen) atoms. The van der Waals surface area contributed by atoms with Gasteiger partial charge in [-0.1, -0.05) is 6.07 Å². The number of nitrogens with zero attached hydrogens (tertiary/aromatic N) is 2. The average molecular weight is 294 g/mol. The van der Waals surface area contributed by atoms with Crippen LogP contribution in [0, 0.1) is 0 Å². The Balaban J connectivity index is 1.77. The van der Waals surface area contributed by atoms with Crippen molar-refractivity contribution in [3.63, 3.8) is 0 Å². The van der Waals surface area contributed by atoms with Crippen LogP contribution < -0.4 is 10.6 Å². The fourth-order valence-corrected chi connectivity index (χ4v) is 2.09. The lowest BCUT2D eigenvalue weighted by Gasteiger charge is -2.04. The van der Waals surface area contributed by atoms with Crippen molar-refractivity contribution in [1.29, 1.82) is 0 Å². The molecule has 0 aliphatic rings. The summed E-state index contributed by atoms with van der Waals surface area (Å²) in [6.07, 6.45) is 3.50. The maximum atomic E-state index is 12.2. The molecule has 0 bridgehead atoms. The van der Waals surface area contributed by atoms with Crippen molar-refractivity contribution < 1.29 is 9.59 Å². The lowest BCUT2D eigenvalue weighted by molar-refractivity contribution is 0.0962. The summed E-state index contributed by atoms with van der Waals surface area (Å²) in [4.78, 5) is 27.9. The monoisotopic (exact) mass is 294 g/mol. The Hall–Kier alpha value is -3.15. The van der Waals surface area contributed by atoms with E-state index >= 15 is 0 Å². The van der Waals surface area contributed by atoms with Crippen LogP contribution in [0.3, 0.4) is 0 Å². The highest BCUT2D eigenvalue weighted by Crippen LogP contribution is 2.12. The molecule has 2 N–H and O–H groups in total. The third-order valence-corrected chi connectivity index (χ3v) is 3.23. The molecule has 2 aromatic heterocycles. The first-order valence-corrected chi connectivity index (χ1v) is 6.74. The van der Waals surface area contributed by atoms with Gasteiger partial charge in [0.2, 0.25) is 0 Å². The summed E-state index contributed by atoms with van der Waals surface area (Å²) in [6.45, 7) is 0. The van der Waals surface area contributed by atoms with Crippen LogP contribution in [0.15, 0.2) is 54.9 Å². The Morgan fingerprint density at radius 1 is 1.05 bits per heavy atom. The van der Waals surface area contributed by atoms with Crippen molar-refractivity contribution in [3.05, 3.63) is 66.1 Å². The molecular formula is C16H14N4O2. The van der Waals surface area contributed by atoms with Gasteiger partial charge in [0.25, 0.3) is 11.8 Å². The Morgan fingerprint density at radius 3 is 2.50 bits per heavy atom. The van der Waals surface area contributed by atoms with Gasteiger partial charge >= 0.3 is 0 Å². The summed E-state index contributed by atoms with van der Waals surface area (Å²) in [5.41, 5.74) is 2.19. The normalized spacial score (nSPS) is 10.4. The molecule has 0 saturated heterocycles. The predicted octanol–water partition coefficient (Wildman–Crippen LogP) is 1.95. The molecule has 0 saturated carbocycles. The fraction of sp³-hybridized carbons (Fsp3) is 0.0625. The second-order valence-corrected chi connectivity index (χ2v) is 4.70. The number of pyridine rings is 1. The smallest absolute Gasteiger partial charge is 0.275 e. The zero-order chi connectivity index (χ0) is 15.5. The molecule has 2 amide bonds. The lowest BCUT2D eigenvalue weighted by Crippen LogP contribution is -2.18. The van der Waals surface area contributed by atoms with Gasteiger partial charge in [0, 0.05) is 30.7 Å². The molecule has 0 atom stereocenters. The molecule has 0 fully saturated rings. The summed E-state index contributed by atoms with van der Waals surface area (Å²) in [5, 5.41) is 5.30. The van der Waals surface area contributed by atoms with Crippen LogP contribution in [0.5, 0.6) is 0 Å². The van der Waals surface area contributed by atoms with Crippen LogP contribution in [0.4, 0.5) is 5.69 Å². The molecular weight excluding hydrogens is 280 g/mol. The molecule has 3 aromatic rings. The average Bonchev–Trinajstić information content (AvgIpc) is 2.99. The van der Waals surface area contributed by atoms with Gasteiger partial charge in [0.15, 0.2) is 0 Å². The molecule has 2 heterocycles. The number of aromatic nitrogens is 2. The number of nitrogens with one attached hydrogen (secondary N) is 2. The number of amides is 2. The summed E-state index contributed by atoms with van der Waals surface area (Å²) in [7, 11) is 1.57. The molecule has 6 heteroatoms. The molecule has 0 unspecified atom stereocenters. The number of anilines is 1. The van der Waals surface area contributed by atoms with E-state index in [1.807, 2.05) is 24.4 Å². The molecule has 0 aliphatic heterocycles. The first-order chi connectivity index (χ1) is 10.7. The Morgan fingerprint density at radius 2 is 1.82 bits per heavy atom. The zero-order valence-electron chi connectivity index (χ0n) is 11.9. The number of imidazole rings is 1. The summed E-state index contributed by atoms with van der Waals surface area (Å²) < 4.78 is 1.78. The van der Waals surface area contributed by atoms with Gasteiger partial charge in [0.1, 0.15) is 11.3 Å². The zero-order valence-corrected chi connectivity index (χ0v) is 11.9. The maximum absolute atomic E-state index is 12.2. The van der Waals surface area contributed by atoms with E-state index in [9.17, 15) is 9.59 Å². The van der Waals surface area contributed by atoms with Crippen molar-refractivity contribution in [3.8, 4) is 0 Å². The minimum Gasteiger partial charge on any atom is -0.355 e. The highest BCUT2D eigenvalue weighted by Gasteiger charge is 2.11. The van der Waals surface area contributed by atoms with Gasteiger partial charge in [-0.3, -0.25) is 9.59 Å². The predicted molar refractivity (Wildman–Crippen MR) is 83.0 cm³/mol. The van der Waals surface area contributed by atoms with Gasteiger partial charge in [-0.05, 0) is 36.4 Å². The minimum atomic E-state index is -0.295. The maximum Gasteiger partial charge on any atom is 0.275 e. The van der Waals surface area contributed by atoms with Gasteiger partial charge < -0.3 is 15.0 Å². The number of fused-ring (bicyclic) bond motifs is 1. The summed E-state index contributed by atoms with van der Waals surface area (Å²) >= 11 is 0. The molecule has 110 valence electrons. The van der Waals surface area contributed by atoms with Gasteiger partial charge in [-0.25, -0.2) is 4.98 Å². The van der Waals surface area contributed by atoms with E-state index in [-0.39, 0.29) is 11.8 Å². The molecule has 0 radical (unpaired) electrons. The molecule has 0 spiro atoms. The molecule has 3 rings (SSSR count). The quantitative estimate of drug-likeness (QED) is 0.775. The Kier molecular flexibility index (Phi) is 3.57. The van der Waals surface area contributed by atoms with Gasteiger partial charge in [-0.15, -0.1) is 0 Å². The number of benzene rings is 1. The number of carbonyl (C=O) groups excluding carboxylic acids is 2. The van der Waals surface area contributed by atoms with Crippen LogP contribution in [0.2, 0.25) is 0 Å². The van der Waals surface area contributed by atoms with Crippen molar-refractivity contribution in [2.45, 2.75) is 0 Å². The highest BCUT2D eigenvalue weighted by molar-refractivity contribution is 6.03. The van der Waals surface area contributed by atoms with Gasteiger partial charge in [-0.2, -0.15) is 0 Å². The number of hydrogen-bond acceptors (Lipinski definition) is 3. The van der Waals surface area contributed by atoms with E-state index in [0.717, 1.165) is 0 Å². The molecule has 0 aliphatic carbocycles. The second kappa shape index (κ2) is 5.69. The summed E-state index contributed by atoms with van der Waals surface area (Å²) in [6, 6.07) is 12.2. The Bertz CT molecular complexity index is 804. The van der Waals surface area contributed by atoms with E-state index in [1.54, 1.807) is 41.9 Å².